The summed E-state index contributed by atoms with van der Waals surface area (Å²) in [5, 5.41) is 13.1. The van der Waals surface area contributed by atoms with Crippen molar-refractivity contribution in [1.82, 2.24) is 10.2 Å². The number of rotatable bonds is 6. The van der Waals surface area contributed by atoms with Crippen LogP contribution in [0.15, 0.2) is 24.3 Å². The van der Waals surface area contributed by atoms with Gasteiger partial charge in [-0.15, -0.1) is 0 Å². The third-order valence-corrected chi connectivity index (χ3v) is 4.24. The van der Waals surface area contributed by atoms with Gasteiger partial charge < -0.3 is 15.3 Å². The Hall–Kier alpha value is -0.900. The number of aliphatic hydroxyl groups excluding tert-OH is 1. The Labute approximate surface area is 123 Å². The number of nitrogens with zero attached hydrogens (tertiary/aromatic N) is 1. The molecule has 0 amide bonds. The van der Waals surface area contributed by atoms with Crippen LogP contribution in [0.25, 0.3) is 0 Å². The van der Waals surface area contributed by atoms with Gasteiger partial charge in [-0.3, -0.25) is 0 Å². The molecule has 3 nitrogen and oxygen atoms in total. The molecule has 1 aromatic carbocycles. The molecule has 1 aliphatic rings. The summed E-state index contributed by atoms with van der Waals surface area (Å²) in [6.45, 7) is 8.64. The number of aliphatic hydroxyl groups is 1. The smallest absolute Gasteiger partial charge is 0.0564 e. The first-order valence-electron chi connectivity index (χ1n) is 7.85. The minimum Gasteiger partial charge on any atom is -0.393 e. The van der Waals surface area contributed by atoms with E-state index >= 15 is 0 Å². The lowest BCUT2D eigenvalue weighted by molar-refractivity contribution is 0.0820. The van der Waals surface area contributed by atoms with Crippen molar-refractivity contribution in [2.24, 2.45) is 0 Å². The molecule has 0 radical (unpaired) electrons. The van der Waals surface area contributed by atoms with E-state index in [2.05, 4.69) is 48.3 Å². The van der Waals surface area contributed by atoms with Crippen LogP contribution in [0.2, 0.25) is 0 Å². The van der Waals surface area contributed by atoms with Gasteiger partial charge in [-0.25, -0.2) is 0 Å². The summed E-state index contributed by atoms with van der Waals surface area (Å²) in [6, 6.07) is 9.18. The molecule has 2 rings (SSSR count). The van der Waals surface area contributed by atoms with E-state index < -0.39 is 0 Å². The van der Waals surface area contributed by atoms with Crippen molar-refractivity contribution >= 4 is 0 Å². The van der Waals surface area contributed by atoms with Gasteiger partial charge in [-0.2, -0.15) is 0 Å². The second kappa shape index (κ2) is 7.77. The lowest BCUT2D eigenvalue weighted by Gasteiger charge is -2.29. The predicted molar refractivity (Wildman–Crippen MR) is 83.9 cm³/mol. The maximum Gasteiger partial charge on any atom is 0.0564 e. The SMILES string of the molecule is Cc1ccc([C@H](C)NCCCN2CCC(O)CC2)cc1. The van der Waals surface area contributed by atoms with Gasteiger partial charge in [0.15, 0.2) is 0 Å². The Morgan fingerprint density at radius 2 is 1.90 bits per heavy atom. The van der Waals surface area contributed by atoms with Gasteiger partial charge in [0.05, 0.1) is 6.10 Å². The first kappa shape index (κ1) is 15.5. The van der Waals surface area contributed by atoms with Crippen LogP contribution in [0.5, 0.6) is 0 Å². The summed E-state index contributed by atoms with van der Waals surface area (Å²) >= 11 is 0. The highest BCUT2D eigenvalue weighted by Crippen LogP contribution is 2.13. The number of piperidine rings is 1. The molecular formula is C17H28N2O. The largest absolute Gasteiger partial charge is 0.393 e. The fourth-order valence-electron chi connectivity index (χ4n) is 2.74. The van der Waals surface area contributed by atoms with Crippen LogP contribution in [-0.4, -0.2) is 42.3 Å². The Balaban J connectivity index is 1.62. The number of aryl methyl sites for hydroxylation is 1. The van der Waals surface area contributed by atoms with Crippen LogP contribution in [-0.2, 0) is 0 Å². The Morgan fingerprint density at radius 1 is 1.25 bits per heavy atom. The van der Waals surface area contributed by atoms with Gasteiger partial charge in [-0.05, 0) is 51.8 Å². The second-order valence-electron chi connectivity index (χ2n) is 6.01. The fourth-order valence-corrected chi connectivity index (χ4v) is 2.74. The highest BCUT2D eigenvalue weighted by Gasteiger charge is 2.16. The monoisotopic (exact) mass is 276 g/mol. The molecule has 112 valence electrons. The zero-order valence-electron chi connectivity index (χ0n) is 12.8. The average Bonchev–Trinajstić information content (AvgIpc) is 2.46. The van der Waals surface area contributed by atoms with Gasteiger partial charge in [0.25, 0.3) is 0 Å². The quantitative estimate of drug-likeness (QED) is 0.784. The minimum atomic E-state index is -0.0639. The third-order valence-electron chi connectivity index (χ3n) is 4.24. The molecule has 0 aliphatic carbocycles. The van der Waals surface area contributed by atoms with E-state index in [9.17, 15) is 5.11 Å². The van der Waals surface area contributed by atoms with E-state index in [1.54, 1.807) is 0 Å². The van der Waals surface area contributed by atoms with Gasteiger partial charge in [-0.1, -0.05) is 29.8 Å². The van der Waals surface area contributed by atoms with Crippen molar-refractivity contribution < 1.29 is 5.11 Å². The molecule has 0 bridgehead atoms. The van der Waals surface area contributed by atoms with E-state index in [-0.39, 0.29) is 6.10 Å². The summed E-state index contributed by atoms with van der Waals surface area (Å²) < 4.78 is 0. The van der Waals surface area contributed by atoms with Gasteiger partial charge in [0, 0.05) is 19.1 Å². The molecule has 0 saturated carbocycles. The summed E-state index contributed by atoms with van der Waals surface area (Å²) in [4.78, 5) is 2.46. The Kier molecular flexibility index (Phi) is 6.02. The van der Waals surface area contributed by atoms with Gasteiger partial charge in [0.1, 0.15) is 0 Å². The summed E-state index contributed by atoms with van der Waals surface area (Å²) in [5.74, 6) is 0. The molecule has 1 aliphatic heterocycles. The van der Waals surface area contributed by atoms with Crippen molar-refractivity contribution in [2.75, 3.05) is 26.2 Å². The standard InChI is InChI=1S/C17H28N2O/c1-14-4-6-16(7-5-14)15(2)18-10-3-11-19-12-8-17(20)9-13-19/h4-7,15,17-18,20H,3,8-13H2,1-2H3/t15-/m0/s1. The fraction of sp³-hybridized carbons (Fsp3) is 0.647. The summed E-state index contributed by atoms with van der Waals surface area (Å²) in [6.07, 6.45) is 2.98. The highest BCUT2D eigenvalue weighted by atomic mass is 16.3. The van der Waals surface area contributed by atoms with E-state index in [1.165, 1.54) is 17.5 Å². The van der Waals surface area contributed by atoms with Crippen LogP contribution >= 0.6 is 0 Å². The molecule has 0 aromatic heterocycles. The average molecular weight is 276 g/mol. The zero-order chi connectivity index (χ0) is 14.4. The first-order valence-corrected chi connectivity index (χ1v) is 7.85. The Morgan fingerprint density at radius 3 is 2.55 bits per heavy atom. The van der Waals surface area contributed by atoms with Crippen molar-refractivity contribution in [1.29, 1.82) is 0 Å². The molecule has 2 N–H and O–H groups in total. The maximum atomic E-state index is 9.48. The molecule has 0 spiro atoms. The van der Waals surface area contributed by atoms with Crippen molar-refractivity contribution in [2.45, 2.75) is 45.3 Å². The van der Waals surface area contributed by atoms with E-state index in [1.807, 2.05) is 0 Å². The van der Waals surface area contributed by atoms with Crippen LogP contribution in [0.3, 0.4) is 0 Å². The lowest BCUT2D eigenvalue weighted by Crippen LogP contribution is -2.37. The molecule has 3 heteroatoms. The van der Waals surface area contributed by atoms with Crippen LogP contribution in [0.4, 0.5) is 0 Å². The number of nitrogens with one attached hydrogen (secondary N) is 1. The Bertz CT molecular complexity index is 382. The second-order valence-corrected chi connectivity index (χ2v) is 6.01. The highest BCUT2D eigenvalue weighted by molar-refractivity contribution is 5.23. The van der Waals surface area contributed by atoms with Crippen LogP contribution in [0.1, 0.15) is 43.4 Å². The van der Waals surface area contributed by atoms with E-state index in [0.717, 1.165) is 39.0 Å². The molecule has 1 saturated heterocycles. The van der Waals surface area contributed by atoms with Crippen molar-refractivity contribution in [3.05, 3.63) is 35.4 Å². The topological polar surface area (TPSA) is 35.5 Å². The maximum absolute atomic E-state index is 9.48. The lowest BCUT2D eigenvalue weighted by atomic mass is 10.1. The number of likely N-dealkylation sites (tertiary alicyclic amines) is 1. The normalized spacial score (nSPS) is 19.1. The molecule has 0 unspecified atom stereocenters. The molecule has 1 heterocycles. The van der Waals surface area contributed by atoms with Crippen molar-refractivity contribution in [3.63, 3.8) is 0 Å². The first-order chi connectivity index (χ1) is 9.65. The van der Waals surface area contributed by atoms with Crippen LogP contribution < -0.4 is 5.32 Å². The van der Waals surface area contributed by atoms with E-state index in [4.69, 9.17) is 0 Å². The molecule has 1 atom stereocenters. The van der Waals surface area contributed by atoms with Crippen LogP contribution in [0, 0.1) is 6.92 Å². The summed E-state index contributed by atoms with van der Waals surface area (Å²) in [5.41, 5.74) is 2.67. The molecule has 1 aromatic rings. The molecule has 1 fully saturated rings. The van der Waals surface area contributed by atoms with Crippen molar-refractivity contribution in [3.8, 4) is 0 Å². The van der Waals surface area contributed by atoms with E-state index in [0.29, 0.717) is 6.04 Å². The van der Waals surface area contributed by atoms with Gasteiger partial charge >= 0.3 is 0 Å². The van der Waals surface area contributed by atoms with Gasteiger partial charge in [0.2, 0.25) is 0 Å². The summed E-state index contributed by atoms with van der Waals surface area (Å²) in [7, 11) is 0. The molecule has 20 heavy (non-hydrogen) atoms. The molecular weight excluding hydrogens is 248 g/mol. The number of hydrogen-bond donors (Lipinski definition) is 2. The minimum absolute atomic E-state index is 0.0639. The number of benzene rings is 1. The predicted octanol–water partition coefficient (Wildman–Crippen LogP) is 2.49. The third kappa shape index (κ3) is 4.89. The zero-order valence-corrected chi connectivity index (χ0v) is 12.8. The number of hydrogen-bond acceptors (Lipinski definition) is 3.